The minimum absolute atomic E-state index is 0.00995. The third-order valence-electron chi connectivity index (χ3n) is 6.40. The maximum absolute atomic E-state index is 14.2. The number of hydrogen-bond donors (Lipinski definition) is 5. The molecule has 1 aromatic rings. The molecule has 36 heavy (non-hydrogen) atoms. The zero-order valence-corrected chi connectivity index (χ0v) is 22.2. The van der Waals surface area contributed by atoms with Gasteiger partial charge in [0.15, 0.2) is 6.10 Å². The van der Waals surface area contributed by atoms with Gasteiger partial charge in [-0.1, -0.05) is 114 Å². The molecule has 1 amide bonds. The summed E-state index contributed by atoms with van der Waals surface area (Å²) in [4.78, 5) is 30.4. The quantitative estimate of drug-likeness (QED) is 0.106. The van der Waals surface area contributed by atoms with E-state index in [9.17, 15) is 28.4 Å². The lowest BCUT2D eigenvalue weighted by Crippen LogP contribution is -2.54. The van der Waals surface area contributed by atoms with Crippen molar-refractivity contribution in [1.82, 2.24) is 5.32 Å². The first-order valence-corrected chi connectivity index (χ1v) is 14.8. The smallest absolute Gasteiger partial charge is 0.386 e. The van der Waals surface area contributed by atoms with E-state index in [1.54, 1.807) is 6.07 Å². The Labute approximate surface area is 213 Å². The van der Waals surface area contributed by atoms with Crippen LogP contribution in [-0.4, -0.2) is 43.7 Å². The maximum atomic E-state index is 14.2. The number of aliphatic hydroxyl groups is 2. The summed E-state index contributed by atoms with van der Waals surface area (Å²) in [7, 11) is -6.05. The number of carbonyl (C=O) groups is 1. The average Bonchev–Trinajstić information content (AvgIpc) is 2.84. The highest BCUT2D eigenvalue weighted by molar-refractivity contribution is 7.53. The number of nitrogens with one attached hydrogen (secondary N) is 1. The molecule has 0 aromatic heterocycles. The van der Waals surface area contributed by atoms with Gasteiger partial charge in [0.05, 0.1) is 6.04 Å². The normalized spacial score (nSPS) is 14.9. The molecule has 0 bridgehead atoms. The van der Waals surface area contributed by atoms with Crippen molar-refractivity contribution in [3.05, 3.63) is 35.9 Å². The first-order valence-electron chi connectivity index (χ1n) is 13.2. The van der Waals surface area contributed by atoms with Crippen molar-refractivity contribution in [1.29, 1.82) is 0 Å². The average molecular weight is 536 g/mol. The van der Waals surface area contributed by atoms with E-state index in [2.05, 4.69) is 12.2 Å². The Balaban J connectivity index is 2.45. The summed E-state index contributed by atoms with van der Waals surface area (Å²) in [5.74, 6) is -0.682. The Morgan fingerprint density at radius 2 is 1.31 bits per heavy atom. The molecule has 3 atom stereocenters. The lowest BCUT2D eigenvalue weighted by Gasteiger charge is -2.33. The molecular formula is C26H44F2NO6P. The molecule has 1 rings (SSSR count). The summed E-state index contributed by atoms with van der Waals surface area (Å²) < 4.78 is 39.6. The van der Waals surface area contributed by atoms with Crippen LogP contribution < -0.4 is 5.32 Å². The summed E-state index contributed by atoms with van der Waals surface area (Å²) in [6, 6.07) is 5.47. The molecule has 0 unspecified atom stereocenters. The van der Waals surface area contributed by atoms with Crippen molar-refractivity contribution >= 4 is 13.5 Å². The van der Waals surface area contributed by atoms with Crippen molar-refractivity contribution in [3.63, 3.8) is 0 Å². The number of halogens is 2. The maximum Gasteiger partial charge on any atom is 0.397 e. The van der Waals surface area contributed by atoms with Crippen LogP contribution in [0.1, 0.15) is 108 Å². The second kappa shape index (κ2) is 17.2. The van der Waals surface area contributed by atoms with Gasteiger partial charge < -0.3 is 25.3 Å². The van der Waals surface area contributed by atoms with Crippen LogP contribution >= 0.6 is 7.60 Å². The summed E-state index contributed by atoms with van der Waals surface area (Å²) in [5, 5.41) is 22.8. The number of aliphatic hydroxyl groups excluding tert-OH is 2. The molecule has 0 fully saturated rings. The van der Waals surface area contributed by atoms with Crippen LogP contribution in [-0.2, 0) is 9.36 Å². The molecule has 208 valence electrons. The molecule has 5 N–H and O–H groups in total. The lowest BCUT2D eigenvalue weighted by atomic mass is 9.97. The number of hydrogen-bond acceptors (Lipinski definition) is 4. The monoisotopic (exact) mass is 535 g/mol. The Bertz CT molecular complexity index is 777. The van der Waals surface area contributed by atoms with Gasteiger partial charge in [0.1, 0.15) is 6.10 Å². The van der Waals surface area contributed by atoms with Gasteiger partial charge >= 0.3 is 13.3 Å². The number of benzene rings is 1. The van der Waals surface area contributed by atoms with Crippen LogP contribution in [0.15, 0.2) is 30.3 Å². The van der Waals surface area contributed by atoms with Crippen LogP contribution in [0.5, 0.6) is 0 Å². The van der Waals surface area contributed by atoms with Crippen LogP contribution in [0.25, 0.3) is 0 Å². The number of carbonyl (C=O) groups excluding carboxylic acids is 1. The van der Waals surface area contributed by atoms with Gasteiger partial charge in [-0.25, -0.2) is 0 Å². The molecule has 0 aliphatic heterocycles. The fraction of sp³-hybridized carbons (Fsp3) is 0.731. The van der Waals surface area contributed by atoms with E-state index in [4.69, 9.17) is 9.79 Å². The number of amides is 1. The van der Waals surface area contributed by atoms with E-state index in [1.165, 1.54) is 75.6 Å². The minimum Gasteiger partial charge on any atom is -0.386 e. The zero-order chi connectivity index (χ0) is 27.0. The molecule has 10 heteroatoms. The fourth-order valence-corrected chi connectivity index (χ4v) is 4.64. The number of rotatable bonds is 20. The number of alkyl halides is 2. The molecular weight excluding hydrogens is 491 g/mol. The Morgan fingerprint density at radius 1 is 0.861 bits per heavy atom. The summed E-state index contributed by atoms with van der Waals surface area (Å²) in [6.07, 6.45) is 9.81. The molecule has 0 saturated heterocycles. The molecule has 7 nitrogen and oxygen atoms in total. The molecule has 0 aliphatic rings. The molecule has 0 saturated carbocycles. The van der Waals surface area contributed by atoms with Crippen LogP contribution in [0.2, 0.25) is 0 Å². The Kier molecular flexibility index (Phi) is 15.6. The SMILES string of the molecule is CCCCCCCCCCCCCCCC(=O)N[C@H]([C@H](O)c1ccccc1)[C@@H](O)C(F)(F)P(=O)(O)O. The molecule has 1 aromatic carbocycles. The van der Waals surface area contributed by atoms with Gasteiger partial charge in [-0.3, -0.25) is 9.36 Å². The van der Waals surface area contributed by atoms with Crippen LogP contribution in [0.4, 0.5) is 8.78 Å². The topological polar surface area (TPSA) is 127 Å². The van der Waals surface area contributed by atoms with Crippen molar-refractivity contribution in [2.75, 3.05) is 0 Å². The van der Waals surface area contributed by atoms with Crippen LogP contribution in [0, 0.1) is 0 Å². The second-order valence-electron chi connectivity index (χ2n) is 9.52. The van der Waals surface area contributed by atoms with E-state index >= 15 is 0 Å². The van der Waals surface area contributed by atoms with E-state index in [0.29, 0.717) is 6.42 Å². The van der Waals surface area contributed by atoms with Crippen molar-refractivity contribution < 1.29 is 38.1 Å². The van der Waals surface area contributed by atoms with E-state index in [0.717, 1.165) is 25.7 Å². The molecule has 0 heterocycles. The second-order valence-corrected chi connectivity index (χ2v) is 11.2. The summed E-state index contributed by atoms with van der Waals surface area (Å²) in [6.45, 7) is 2.21. The third-order valence-corrected chi connectivity index (χ3v) is 7.44. The van der Waals surface area contributed by atoms with E-state index < -0.39 is 37.4 Å². The molecule has 0 spiro atoms. The van der Waals surface area contributed by atoms with E-state index in [1.807, 2.05) is 0 Å². The van der Waals surface area contributed by atoms with Gasteiger partial charge in [0.2, 0.25) is 5.91 Å². The Hall–Kier alpha value is -1.38. The summed E-state index contributed by atoms with van der Waals surface area (Å²) >= 11 is 0. The predicted molar refractivity (Wildman–Crippen MR) is 137 cm³/mol. The first kappa shape index (κ1) is 32.6. The van der Waals surface area contributed by atoms with Gasteiger partial charge in [-0.2, -0.15) is 8.78 Å². The van der Waals surface area contributed by atoms with Crippen molar-refractivity contribution in [2.45, 2.75) is 121 Å². The zero-order valence-electron chi connectivity index (χ0n) is 21.3. The molecule has 0 aliphatic carbocycles. The van der Waals surface area contributed by atoms with Gasteiger partial charge in [0.25, 0.3) is 0 Å². The highest BCUT2D eigenvalue weighted by Crippen LogP contribution is 2.55. The van der Waals surface area contributed by atoms with Gasteiger partial charge in [0, 0.05) is 6.42 Å². The van der Waals surface area contributed by atoms with Gasteiger partial charge in [-0.05, 0) is 12.0 Å². The van der Waals surface area contributed by atoms with Gasteiger partial charge in [-0.15, -0.1) is 0 Å². The highest BCUT2D eigenvalue weighted by Gasteiger charge is 2.58. The lowest BCUT2D eigenvalue weighted by molar-refractivity contribution is -0.130. The fourth-order valence-electron chi connectivity index (χ4n) is 4.14. The van der Waals surface area contributed by atoms with Crippen molar-refractivity contribution in [3.8, 4) is 0 Å². The molecule has 0 radical (unpaired) electrons. The van der Waals surface area contributed by atoms with Crippen molar-refractivity contribution in [2.24, 2.45) is 0 Å². The first-order chi connectivity index (χ1) is 17.0. The number of unbranched alkanes of at least 4 members (excludes halogenated alkanes) is 12. The standard InChI is InChI=1S/C26H44F2NO6P/c1-2-3-4-5-6-7-8-9-10-11-12-13-17-20-22(30)29-23(24(31)21-18-15-14-16-19-21)25(32)26(27,28)36(33,34)35/h14-16,18-19,23-25,31-32H,2-13,17,20H2,1H3,(H,29,30)(H2,33,34,35)/t23-,24-,25-/m1/s1. The Morgan fingerprint density at radius 3 is 1.75 bits per heavy atom. The van der Waals surface area contributed by atoms with E-state index in [-0.39, 0.29) is 12.0 Å². The highest BCUT2D eigenvalue weighted by atomic mass is 31.2. The predicted octanol–water partition coefficient (Wildman–Crippen LogP) is 5.82. The van der Waals surface area contributed by atoms with Crippen LogP contribution in [0.3, 0.4) is 0 Å². The largest absolute Gasteiger partial charge is 0.397 e. The minimum atomic E-state index is -6.05. The summed E-state index contributed by atoms with van der Waals surface area (Å²) in [5.41, 5.74) is -4.74. The third kappa shape index (κ3) is 11.8.